The minimum Gasteiger partial charge on any atom is -0.490 e. The summed E-state index contributed by atoms with van der Waals surface area (Å²) in [6.07, 6.45) is 4.37. The number of benzene rings is 1. The first-order valence-corrected chi connectivity index (χ1v) is 8.96. The first kappa shape index (κ1) is 15.6. The first-order chi connectivity index (χ1) is 9.40. The van der Waals surface area contributed by atoms with E-state index in [4.69, 9.17) is 20.2 Å². The smallest absolute Gasteiger partial charge is 0.261 e. The second kappa shape index (κ2) is 6.33. The van der Waals surface area contributed by atoms with Gasteiger partial charge in [-0.25, -0.2) is 8.42 Å². The van der Waals surface area contributed by atoms with Crippen molar-refractivity contribution in [2.45, 2.75) is 49.7 Å². The summed E-state index contributed by atoms with van der Waals surface area (Å²) in [5.74, 6) is 0.704. The van der Waals surface area contributed by atoms with Gasteiger partial charge in [0.05, 0.1) is 11.0 Å². The van der Waals surface area contributed by atoms with Gasteiger partial charge in [-0.2, -0.15) is 0 Å². The maximum Gasteiger partial charge on any atom is 0.261 e. The zero-order valence-corrected chi connectivity index (χ0v) is 13.2. The lowest BCUT2D eigenvalue weighted by atomic mass is 9.95. The Morgan fingerprint density at radius 1 is 1.25 bits per heavy atom. The largest absolute Gasteiger partial charge is 0.490 e. The molecular formula is C14H19ClO4S. The number of hydrogen-bond donors (Lipinski definition) is 0. The summed E-state index contributed by atoms with van der Waals surface area (Å²) in [5.41, 5.74) is 0.770. The summed E-state index contributed by atoms with van der Waals surface area (Å²) in [7, 11) is 3.36. The molecule has 1 aromatic rings. The SMILES string of the molecule is COC1CCCC(Oc2ccc(S(=O)(=O)Cl)cc2C)C1. The van der Waals surface area contributed by atoms with Crippen LogP contribution >= 0.6 is 10.7 Å². The lowest BCUT2D eigenvalue weighted by Gasteiger charge is -2.29. The van der Waals surface area contributed by atoms with Crippen LogP contribution in [0, 0.1) is 6.92 Å². The van der Waals surface area contributed by atoms with Gasteiger partial charge >= 0.3 is 0 Å². The molecule has 0 aliphatic heterocycles. The van der Waals surface area contributed by atoms with E-state index in [1.807, 2.05) is 6.92 Å². The number of aryl methyl sites for hydroxylation is 1. The lowest BCUT2D eigenvalue weighted by Crippen LogP contribution is -2.29. The molecule has 0 aromatic heterocycles. The molecule has 1 aliphatic carbocycles. The van der Waals surface area contributed by atoms with Crippen LogP contribution in [0.3, 0.4) is 0 Å². The molecule has 0 radical (unpaired) electrons. The Labute approximate surface area is 124 Å². The second-order valence-electron chi connectivity index (χ2n) is 5.13. The highest BCUT2D eigenvalue weighted by molar-refractivity contribution is 8.13. The first-order valence-electron chi connectivity index (χ1n) is 6.65. The monoisotopic (exact) mass is 318 g/mol. The molecule has 1 aliphatic rings. The molecule has 0 heterocycles. The van der Waals surface area contributed by atoms with Crippen LogP contribution in [0.4, 0.5) is 0 Å². The maximum atomic E-state index is 11.3. The van der Waals surface area contributed by atoms with Gasteiger partial charge in [-0.15, -0.1) is 0 Å². The third kappa shape index (κ3) is 3.87. The average Bonchev–Trinajstić information content (AvgIpc) is 2.40. The van der Waals surface area contributed by atoms with E-state index in [-0.39, 0.29) is 17.1 Å². The Morgan fingerprint density at radius 3 is 2.55 bits per heavy atom. The minimum absolute atomic E-state index is 0.0995. The molecule has 0 spiro atoms. The molecule has 6 heteroatoms. The molecule has 2 unspecified atom stereocenters. The quantitative estimate of drug-likeness (QED) is 0.800. The highest BCUT2D eigenvalue weighted by Crippen LogP contribution is 2.29. The van der Waals surface area contributed by atoms with Crippen LogP contribution < -0.4 is 4.74 Å². The van der Waals surface area contributed by atoms with Crippen LogP contribution in [-0.4, -0.2) is 27.7 Å². The Kier molecular flexibility index (Phi) is 4.94. The molecule has 0 bridgehead atoms. The molecule has 0 saturated heterocycles. The molecule has 0 amide bonds. The topological polar surface area (TPSA) is 52.6 Å². The van der Waals surface area contributed by atoms with Crippen molar-refractivity contribution in [2.75, 3.05) is 7.11 Å². The van der Waals surface area contributed by atoms with Crippen molar-refractivity contribution < 1.29 is 17.9 Å². The van der Waals surface area contributed by atoms with Gasteiger partial charge in [-0.05, 0) is 49.9 Å². The van der Waals surface area contributed by atoms with Gasteiger partial charge in [-0.3, -0.25) is 0 Å². The third-order valence-electron chi connectivity index (χ3n) is 3.63. The van der Waals surface area contributed by atoms with Gasteiger partial charge in [0.15, 0.2) is 0 Å². The van der Waals surface area contributed by atoms with Crippen molar-refractivity contribution in [1.29, 1.82) is 0 Å². The molecule has 1 fully saturated rings. The van der Waals surface area contributed by atoms with E-state index in [9.17, 15) is 8.42 Å². The summed E-state index contributed by atoms with van der Waals surface area (Å²) in [4.78, 5) is 0.0995. The van der Waals surface area contributed by atoms with E-state index >= 15 is 0 Å². The van der Waals surface area contributed by atoms with E-state index in [2.05, 4.69) is 0 Å². The molecule has 112 valence electrons. The highest BCUT2D eigenvalue weighted by atomic mass is 35.7. The summed E-state index contributed by atoms with van der Waals surface area (Å²) in [6.45, 7) is 1.82. The lowest BCUT2D eigenvalue weighted by molar-refractivity contribution is 0.0207. The molecule has 1 aromatic carbocycles. The molecule has 2 rings (SSSR count). The van der Waals surface area contributed by atoms with Gasteiger partial charge in [-0.1, -0.05) is 0 Å². The van der Waals surface area contributed by atoms with Gasteiger partial charge in [0.25, 0.3) is 9.05 Å². The molecule has 4 nitrogen and oxygen atoms in total. The molecule has 20 heavy (non-hydrogen) atoms. The zero-order valence-electron chi connectivity index (χ0n) is 11.6. The van der Waals surface area contributed by atoms with Crippen LogP contribution in [0.2, 0.25) is 0 Å². The molecule has 0 N–H and O–H groups in total. The van der Waals surface area contributed by atoms with Crippen molar-refractivity contribution >= 4 is 19.7 Å². The Hall–Kier alpha value is -0.780. The number of halogens is 1. The summed E-state index contributed by atoms with van der Waals surface area (Å²) < 4.78 is 33.9. The Balaban J connectivity index is 2.10. The second-order valence-corrected chi connectivity index (χ2v) is 7.70. The van der Waals surface area contributed by atoms with Gasteiger partial charge in [0, 0.05) is 24.2 Å². The molecular weight excluding hydrogens is 300 g/mol. The van der Waals surface area contributed by atoms with Crippen molar-refractivity contribution in [3.63, 3.8) is 0 Å². The van der Waals surface area contributed by atoms with Crippen molar-refractivity contribution in [2.24, 2.45) is 0 Å². The minimum atomic E-state index is -3.69. The van der Waals surface area contributed by atoms with Crippen LogP contribution in [0.5, 0.6) is 5.75 Å². The summed E-state index contributed by atoms with van der Waals surface area (Å²) >= 11 is 0. The van der Waals surface area contributed by atoms with Crippen LogP contribution in [0.15, 0.2) is 23.1 Å². The fraction of sp³-hybridized carbons (Fsp3) is 0.571. The van der Waals surface area contributed by atoms with E-state index < -0.39 is 9.05 Å². The average molecular weight is 319 g/mol. The van der Waals surface area contributed by atoms with Crippen LogP contribution in [0.1, 0.15) is 31.2 Å². The zero-order chi connectivity index (χ0) is 14.8. The van der Waals surface area contributed by atoms with E-state index in [0.29, 0.717) is 5.75 Å². The summed E-state index contributed by atoms with van der Waals surface area (Å²) in [6, 6.07) is 4.68. The van der Waals surface area contributed by atoms with E-state index in [1.165, 1.54) is 12.1 Å². The summed E-state index contributed by atoms with van der Waals surface area (Å²) in [5, 5.41) is 0. The van der Waals surface area contributed by atoms with Gasteiger partial charge in [0.1, 0.15) is 11.9 Å². The highest BCUT2D eigenvalue weighted by Gasteiger charge is 2.23. The van der Waals surface area contributed by atoms with E-state index in [1.54, 1.807) is 13.2 Å². The van der Waals surface area contributed by atoms with Crippen molar-refractivity contribution in [1.82, 2.24) is 0 Å². The van der Waals surface area contributed by atoms with Crippen LogP contribution in [-0.2, 0) is 13.8 Å². The number of hydrogen-bond acceptors (Lipinski definition) is 4. The standard InChI is InChI=1S/C14H19ClO4S/c1-10-8-13(20(15,16)17)6-7-14(10)19-12-5-3-4-11(9-12)18-2/h6-8,11-12H,3-5,9H2,1-2H3. The third-order valence-corrected chi connectivity index (χ3v) is 4.98. The van der Waals surface area contributed by atoms with Gasteiger partial charge < -0.3 is 9.47 Å². The number of ether oxygens (including phenoxy) is 2. The Morgan fingerprint density at radius 2 is 1.95 bits per heavy atom. The van der Waals surface area contributed by atoms with Crippen molar-refractivity contribution in [3.05, 3.63) is 23.8 Å². The van der Waals surface area contributed by atoms with Gasteiger partial charge in [0.2, 0.25) is 0 Å². The van der Waals surface area contributed by atoms with E-state index in [0.717, 1.165) is 31.2 Å². The fourth-order valence-corrected chi connectivity index (χ4v) is 3.34. The number of rotatable bonds is 4. The maximum absolute atomic E-state index is 11.3. The normalized spacial score (nSPS) is 23.6. The molecule has 1 saturated carbocycles. The molecule has 2 atom stereocenters. The fourth-order valence-electron chi connectivity index (χ4n) is 2.51. The number of methoxy groups -OCH3 is 1. The van der Waals surface area contributed by atoms with Crippen LogP contribution in [0.25, 0.3) is 0 Å². The predicted octanol–water partition coefficient (Wildman–Crippen LogP) is 3.26. The Bertz CT molecular complexity index is 571. The predicted molar refractivity (Wildman–Crippen MR) is 77.9 cm³/mol. The van der Waals surface area contributed by atoms with Crippen molar-refractivity contribution in [3.8, 4) is 5.75 Å².